The number of carboxylic acid groups (broad SMARTS) is 1. The first-order chi connectivity index (χ1) is 13.5. The van der Waals surface area contributed by atoms with Crippen molar-refractivity contribution in [2.75, 3.05) is 49.1 Å². The van der Waals surface area contributed by atoms with Crippen LogP contribution >= 0.6 is 0 Å². The second-order valence-corrected chi connectivity index (χ2v) is 8.15. The molecule has 1 saturated heterocycles. The van der Waals surface area contributed by atoms with Gasteiger partial charge in [0.1, 0.15) is 0 Å². The molecule has 0 spiro atoms. The lowest BCUT2D eigenvalue weighted by Crippen LogP contribution is -2.34. The summed E-state index contributed by atoms with van der Waals surface area (Å²) in [6.45, 7) is 8.27. The Labute approximate surface area is 165 Å². The molecule has 0 aliphatic carbocycles. The zero-order valence-electron chi connectivity index (χ0n) is 16.5. The maximum absolute atomic E-state index is 13.0. The molecule has 6 nitrogen and oxygen atoms in total. The first kappa shape index (κ1) is 18.7. The highest BCUT2D eigenvalue weighted by Crippen LogP contribution is 2.42. The van der Waals surface area contributed by atoms with E-state index in [0.717, 1.165) is 66.9 Å². The van der Waals surface area contributed by atoms with Gasteiger partial charge in [0.15, 0.2) is 0 Å². The van der Waals surface area contributed by atoms with Crippen LogP contribution in [0.5, 0.6) is 0 Å². The van der Waals surface area contributed by atoms with Crippen LogP contribution in [0.1, 0.15) is 30.6 Å². The Balaban J connectivity index is 1.68. The van der Waals surface area contributed by atoms with Crippen molar-refractivity contribution in [3.63, 3.8) is 0 Å². The van der Waals surface area contributed by atoms with Crippen LogP contribution in [0.15, 0.2) is 30.3 Å². The molecule has 1 fully saturated rings. The van der Waals surface area contributed by atoms with E-state index in [4.69, 9.17) is 5.11 Å². The number of carbonyl (C=O) groups excluding carboxylic acids is 1. The zero-order valence-corrected chi connectivity index (χ0v) is 16.5. The molecule has 2 heterocycles. The predicted octanol–water partition coefficient (Wildman–Crippen LogP) is 3.05. The molecule has 0 aromatic heterocycles. The number of carbonyl (C=O) groups is 2. The zero-order chi connectivity index (χ0) is 19.8. The molecule has 2 aliphatic heterocycles. The molecule has 2 aliphatic rings. The normalized spacial score (nSPS) is 17.6. The van der Waals surface area contributed by atoms with Gasteiger partial charge >= 0.3 is 5.97 Å². The van der Waals surface area contributed by atoms with Crippen molar-refractivity contribution in [2.24, 2.45) is 5.92 Å². The van der Waals surface area contributed by atoms with E-state index in [1.165, 1.54) is 0 Å². The Morgan fingerprint density at radius 1 is 1.07 bits per heavy atom. The Hall–Kier alpha value is -2.60. The molecule has 1 N–H and O–H groups in total. The lowest BCUT2D eigenvalue weighted by Gasteiger charge is -2.26. The van der Waals surface area contributed by atoms with E-state index in [2.05, 4.69) is 36.9 Å². The van der Waals surface area contributed by atoms with Gasteiger partial charge in [-0.15, -0.1) is 0 Å². The summed E-state index contributed by atoms with van der Waals surface area (Å²) in [6, 6.07) is 10.2. The highest BCUT2D eigenvalue weighted by atomic mass is 16.4. The minimum atomic E-state index is -0.775. The average Bonchev–Trinajstić information content (AvgIpc) is 2.81. The number of hydrogen-bond donors (Lipinski definition) is 1. The summed E-state index contributed by atoms with van der Waals surface area (Å²) < 4.78 is 0. The lowest BCUT2D eigenvalue weighted by molar-refractivity contribution is -0.138. The molecule has 4 rings (SSSR count). The fraction of sp³-hybridized carbons (Fsp3) is 0.455. The number of nitrogens with zero attached hydrogens (tertiary/aromatic N) is 3. The van der Waals surface area contributed by atoms with Crippen LogP contribution < -0.4 is 9.80 Å². The standard InChI is InChI=1S/C22H27N3O3/c1-15(2)13-25-19-8-7-18(16-5-3-6-17(21(16)19)22(25)28)24-10-4-9-23(11-12-24)14-20(26)27/h3,5-8,15H,4,9-14H2,1-2H3,(H,26,27). The van der Waals surface area contributed by atoms with E-state index < -0.39 is 5.97 Å². The Morgan fingerprint density at radius 2 is 1.86 bits per heavy atom. The second kappa shape index (κ2) is 7.43. The fourth-order valence-electron chi connectivity index (χ4n) is 4.41. The summed E-state index contributed by atoms with van der Waals surface area (Å²) in [6.07, 6.45) is 0.925. The van der Waals surface area contributed by atoms with E-state index in [0.29, 0.717) is 5.92 Å². The smallest absolute Gasteiger partial charge is 0.317 e. The van der Waals surface area contributed by atoms with Gasteiger partial charge in [-0.2, -0.15) is 0 Å². The van der Waals surface area contributed by atoms with Crippen molar-refractivity contribution < 1.29 is 14.7 Å². The van der Waals surface area contributed by atoms with Gasteiger partial charge in [0, 0.05) is 54.7 Å². The number of benzene rings is 2. The first-order valence-electron chi connectivity index (χ1n) is 10.0. The number of rotatable bonds is 5. The fourth-order valence-corrected chi connectivity index (χ4v) is 4.41. The van der Waals surface area contributed by atoms with Crippen LogP contribution in [0.2, 0.25) is 0 Å². The van der Waals surface area contributed by atoms with Crippen molar-refractivity contribution in [1.29, 1.82) is 0 Å². The van der Waals surface area contributed by atoms with Gasteiger partial charge in [-0.3, -0.25) is 14.5 Å². The number of carboxylic acids is 1. The third-order valence-electron chi connectivity index (χ3n) is 5.60. The molecule has 148 valence electrons. The van der Waals surface area contributed by atoms with E-state index in [9.17, 15) is 9.59 Å². The SMILES string of the molecule is CC(C)CN1C(=O)c2cccc3c(N4CCCN(CC(=O)O)CC4)ccc1c23. The van der Waals surface area contributed by atoms with Crippen molar-refractivity contribution >= 4 is 34.0 Å². The minimum absolute atomic E-state index is 0.0925. The average molecular weight is 381 g/mol. The minimum Gasteiger partial charge on any atom is -0.480 e. The van der Waals surface area contributed by atoms with Crippen LogP contribution in [0.3, 0.4) is 0 Å². The first-order valence-corrected chi connectivity index (χ1v) is 10.0. The van der Waals surface area contributed by atoms with Gasteiger partial charge in [-0.25, -0.2) is 0 Å². The summed E-state index contributed by atoms with van der Waals surface area (Å²) in [7, 11) is 0. The third-order valence-corrected chi connectivity index (χ3v) is 5.60. The maximum Gasteiger partial charge on any atom is 0.317 e. The van der Waals surface area contributed by atoms with Crippen molar-refractivity contribution in [3.05, 3.63) is 35.9 Å². The van der Waals surface area contributed by atoms with Gasteiger partial charge < -0.3 is 14.9 Å². The Morgan fingerprint density at radius 3 is 2.61 bits per heavy atom. The molecule has 0 saturated carbocycles. The molecule has 0 bridgehead atoms. The van der Waals surface area contributed by atoms with Crippen LogP contribution in [-0.2, 0) is 4.79 Å². The van der Waals surface area contributed by atoms with Gasteiger partial charge in [0.2, 0.25) is 0 Å². The number of amides is 1. The summed E-state index contributed by atoms with van der Waals surface area (Å²) >= 11 is 0. The molecule has 6 heteroatoms. The molecule has 2 aromatic carbocycles. The second-order valence-electron chi connectivity index (χ2n) is 8.15. The van der Waals surface area contributed by atoms with Crippen LogP contribution in [-0.4, -0.2) is 61.2 Å². The maximum atomic E-state index is 13.0. The van der Waals surface area contributed by atoms with Crippen LogP contribution in [0, 0.1) is 5.92 Å². The van der Waals surface area contributed by atoms with E-state index in [-0.39, 0.29) is 12.5 Å². The van der Waals surface area contributed by atoms with Gasteiger partial charge in [0.25, 0.3) is 5.91 Å². The largest absolute Gasteiger partial charge is 0.480 e. The number of hydrogen-bond acceptors (Lipinski definition) is 4. The molecular weight excluding hydrogens is 354 g/mol. The molecule has 0 atom stereocenters. The molecule has 0 unspecified atom stereocenters. The highest BCUT2D eigenvalue weighted by Gasteiger charge is 2.31. The number of aliphatic carboxylic acids is 1. The quantitative estimate of drug-likeness (QED) is 0.862. The molecule has 2 aromatic rings. The highest BCUT2D eigenvalue weighted by molar-refractivity contribution is 6.26. The summed E-state index contributed by atoms with van der Waals surface area (Å²) in [5, 5.41) is 11.2. The summed E-state index contributed by atoms with van der Waals surface area (Å²) in [4.78, 5) is 30.2. The van der Waals surface area contributed by atoms with Gasteiger partial charge in [0.05, 0.1) is 12.2 Å². The lowest BCUT2D eigenvalue weighted by atomic mass is 10.0. The summed E-state index contributed by atoms with van der Waals surface area (Å²) in [5.74, 6) is -0.281. The van der Waals surface area contributed by atoms with Crippen LogP contribution in [0.4, 0.5) is 11.4 Å². The van der Waals surface area contributed by atoms with Crippen molar-refractivity contribution in [1.82, 2.24) is 4.90 Å². The van der Waals surface area contributed by atoms with E-state index in [1.807, 2.05) is 21.9 Å². The van der Waals surface area contributed by atoms with Crippen molar-refractivity contribution in [3.8, 4) is 0 Å². The Bertz CT molecular complexity index is 925. The van der Waals surface area contributed by atoms with E-state index >= 15 is 0 Å². The van der Waals surface area contributed by atoms with E-state index in [1.54, 1.807) is 0 Å². The molecule has 1 amide bonds. The van der Waals surface area contributed by atoms with Gasteiger partial charge in [-0.05, 0) is 30.5 Å². The monoisotopic (exact) mass is 381 g/mol. The Kier molecular flexibility index (Phi) is 4.98. The third kappa shape index (κ3) is 3.33. The van der Waals surface area contributed by atoms with Crippen molar-refractivity contribution in [2.45, 2.75) is 20.3 Å². The molecular formula is C22H27N3O3. The molecule has 0 radical (unpaired) electrons. The predicted molar refractivity (Wildman–Crippen MR) is 111 cm³/mol. The molecule has 28 heavy (non-hydrogen) atoms. The van der Waals surface area contributed by atoms with Gasteiger partial charge in [-0.1, -0.05) is 26.0 Å². The number of anilines is 2. The summed E-state index contributed by atoms with van der Waals surface area (Å²) in [5.41, 5.74) is 2.93. The topological polar surface area (TPSA) is 64.1 Å². The van der Waals surface area contributed by atoms with Crippen LogP contribution in [0.25, 0.3) is 10.8 Å².